The summed E-state index contributed by atoms with van der Waals surface area (Å²) in [5.41, 5.74) is -0.399. The highest BCUT2D eigenvalue weighted by Crippen LogP contribution is 2.38. The molecule has 0 unspecified atom stereocenters. The van der Waals surface area contributed by atoms with Crippen molar-refractivity contribution in [3.63, 3.8) is 0 Å². The Morgan fingerprint density at radius 2 is 1.84 bits per heavy atom. The number of nitro groups is 1. The number of nitrogens with zero attached hydrogens (tertiary/aromatic N) is 1. The third-order valence-electron chi connectivity index (χ3n) is 2.25. The van der Waals surface area contributed by atoms with E-state index < -0.39 is 16.4 Å². The van der Waals surface area contributed by atoms with Gasteiger partial charge >= 0.3 is 5.69 Å². The SMILES string of the molecule is O=[N+]([O-])c1c(Cl)cccc1Oc1cc(F)ccc1Cl. The normalized spacial score (nSPS) is 10.3. The monoisotopic (exact) mass is 301 g/mol. The molecular formula is C12H6Cl2FNO3. The van der Waals surface area contributed by atoms with Gasteiger partial charge in [-0.2, -0.15) is 0 Å². The van der Waals surface area contributed by atoms with E-state index in [1.165, 1.54) is 24.3 Å². The molecule has 0 atom stereocenters. The second-order valence-electron chi connectivity index (χ2n) is 3.52. The van der Waals surface area contributed by atoms with Crippen molar-refractivity contribution in [2.24, 2.45) is 0 Å². The third kappa shape index (κ3) is 2.94. The van der Waals surface area contributed by atoms with Gasteiger partial charge in [0.1, 0.15) is 16.6 Å². The van der Waals surface area contributed by atoms with Crippen molar-refractivity contribution >= 4 is 28.9 Å². The summed E-state index contributed by atoms with van der Waals surface area (Å²) in [5.74, 6) is -0.693. The predicted octanol–water partition coefficient (Wildman–Crippen LogP) is 4.83. The van der Waals surface area contributed by atoms with Crippen LogP contribution in [-0.2, 0) is 0 Å². The fourth-order valence-electron chi connectivity index (χ4n) is 1.43. The lowest BCUT2D eigenvalue weighted by molar-refractivity contribution is -0.385. The first-order valence-electron chi connectivity index (χ1n) is 5.05. The minimum absolute atomic E-state index is 0.0213. The van der Waals surface area contributed by atoms with Gasteiger partial charge in [0.05, 0.1) is 9.95 Å². The summed E-state index contributed by atoms with van der Waals surface area (Å²) in [7, 11) is 0. The Bertz CT molecular complexity index is 649. The Morgan fingerprint density at radius 3 is 2.53 bits per heavy atom. The number of ether oxygens (including phenoxy) is 1. The number of hydrogen-bond donors (Lipinski definition) is 0. The van der Waals surface area contributed by atoms with Gasteiger partial charge in [-0.1, -0.05) is 29.3 Å². The lowest BCUT2D eigenvalue weighted by Gasteiger charge is -2.08. The van der Waals surface area contributed by atoms with Gasteiger partial charge in [0.15, 0.2) is 0 Å². The van der Waals surface area contributed by atoms with Gasteiger partial charge in [-0.25, -0.2) is 4.39 Å². The molecule has 0 aliphatic rings. The van der Waals surface area contributed by atoms with Gasteiger partial charge in [0, 0.05) is 6.07 Å². The Hall–Kier alpha value is -1.85. The van der Waals surface area contributed by atoms with Gasteiger partial charge in [-0.3, -0.25) is 10.1 Å². The number of benzene rings is 2. The molecule has 0 aliphatic carbocycles. The largest absolute Gasteiger partial charge is 0.448 e. The topological polar surface area (TPSA) is 52.4 Å². The molecule has 0 aliphatic heterocycles. The molecule has 0 amide bonds. The van der Waals surface area contributed by atoms with Crippen molar-refractivity contribution in [3.05, 3.63) is 62.4 Å². The molecule has 0 saturated heterocycles. The van der Waals surface area contributed by atoms with Crippen LogP contribution >= 0.6 is 23.2 Å². The quantitative estimate of drug-likeness (QED) is 0.602. The van der Waals surface area contributed by atoms with Crippen LogP contribution in [0.3, 0.4) is 0 Å². The van der Waals surface area contributed by atoms with Gasteiger partial charge in [0.2, 0.25) is 5.75 Å². The second kappa shape index (κ2) is 5.42. The van der Waals surface area contributed by atoms with Crippen LogP contribution in [0, 0.1) is 15.9 Å². The zero-order valence-corrected chi connectivity index (χ0v) is 10.8. The summed E-state index contributed by atoms with van der Waals surface area (Å²) >= 11 is 11.6. The minimum atomic E-state index is -0.676. The van der Waals surface area contributed by atoms with E-state index in [-0.39, 0.29) is 21.5 Å². The van der Waals surface area contributed by atoms with Gasteiger partial charge < -0.3 is 4.74 Å². The molecule has 7 heteroatoms. The highest BCUT2D eigenvalue weighted by molar-refractivity contribution is 6.33. The lowest BCUT2D eigenvalue weighted by atomic mass is 10.3. The van der Waals surface area contributed by atoms with Crippen molar-refractivity contribution in [3.8, 4) is 11.5 Å². The van der Waals surface area contributed by atoms with Crippen molar-refractivity contribution in [2.75, 3.05) is 0 Å². The summed E-state index contributed by atoms with van der Waals surface area (Å²) in [6.07, 6.45) is 0. The molecule has 19 heavy (non-hydrogen) atoms. The summed E-state index contributed by atoms with van der Waals surface area (Å²) < 4.78 is 18.4. The highest BCUT2D eigenvalue weighted by Gasteiger charge is 2.21. The van der Waals surface area contributed by atoms with Crippen LogP contribution < -0.4 is 4.74 Å². The van der Waals surface area contributed by atoms with E-state index in [0.717, 1.165) is 12.1 Å². The Kier molecular flexibility index (Phi) is 3.87. The fourth-order valence-corrected chi connectivity index (χ4v) is 1.82. The highest BCUT2D eigenvalue weighted by atomic mass is 35.5. The van der Waals surface area contributed by atoms with Crippen LogP contribution in [0.15, 0.2) is 36.4 Å². The van der Waals surface area contributed by atoms with Gasteiger partial charge in [0.25, 0.3) is 0 Å². The van der Waals surface area contributed by atoms with Crippen LogP contribution in [0.25, 0.3) is 0 Å². The Labute approximate surface area is 117 Å². The van der Waals surface area contributed by atoms with Crippen molar-refractivity contribution in [1.29, 1.82) is 0 Å². The predicted molar refractivity (Wildman–Crippen MR) is 69.6 cm³/mol. The number of nitro benzene ring substituents is 1. The standard InChI is InChI=1S/C12H6Cl2FNO3/c13-8-5-4-7(15)6-11(8)19-10-3-1-2-9(14)12(10)16(17)18/h1-6H. The van der Waals surface area contributed by atoms with Crippen molar-refractivity contribution in [1.82, 2.24) is 0 Å². The van der Waals surface area contributed by atoms with Crippen LogP contribution in [0.5, 0.6) is 11.5 Å². The van der Waals surface area contributed by atoms with Gasteiger partial charge in [-0.15, -0.1) is 0 Å². The first-order valence-corrected chi connectivity index (χ1v) is 5.80. The van der Waals surface area contributed by atoms with E-state index in [9.17, 15) is 14.5 Å². The second-order valence-corrected chi connectivity index (χ2v) is 4.33. The van der Waals surface area contributed by atoms with Crippen LogP contribution in [0.2, 0.25) is 10.0 Å². The van der Waals surface area contributed by atoms with E-state index in [2.05, 4.69) is 0 Å². The molecule has 2 rings (SSSR count). The van der Waals surface area contributed by atoms with E-state index in [1.54, 1.807) is 0 Å². The Morgan fingerprint density at radius 1 is 1.11 bits per heavy atom. The van der Waals surface area contributed by atoms with E-state index in [0.29, 0.717) is 0 Å². The molecule has 0 fully saturated rings. The average Bonchev–Trinajstić information content (AvgIpc) is 2.33. The van der Waals surface area contributed by atoms with Gasteiger partial charge in [-0.05, 0) is 24.3 Å². The molecule has 0 N–H and O–H groups in total. The third-order valence-corrected chi connectivity index (χ3v) is 2.86. The number of para-hydroxylation sites is 1. The molecular weight excluding hydrogens is 296 g/mol. The number of halogens is 3. The molecule has 2 aromatic carbocycles. The molecule has 2 aromatic rings. The summed E-state index contributed by atoms with van der Waals surface area (Å²) in [6, 6.07) is 7.68. The summed E-state index contributed by atoms with van der Waals surface area (Å²) in [5, 5.41) is 11.0. The molecule has 4 nitrogen and oxygen atoms in total. The van der Waals surface area contributed by atoms with E-state index >= 15 is 0 Å². The van der Waals surface area contributed by atoms with Crippen LogP contribution in [0.4, 0.5) is 10.1 Å². The zero-order chi connectivity index (χ0) is 14.0. The molecule has 0 heterocycles. The smallest absolute Gasteiger partial charge is 0.329 e. The number of hydrogen-bond acceptors (Lipinski definition) is 3. The maximum atomic E-state index is 13.1. The maximum Gasteiger partial charge on any atom is 0.329 e. The molecule has 0 aromatic heterocycles. The fraction of sp³-hybridized carbons (Fsp3) is 0. The average molecular weight is 302 g/mol. The van der Waals surface area contributed by atoms with Crippen LogP contribution in [-0.4, -0.2) is 4.92 Å². The zero-order valence-electron chi connectivity index (χ0n) is 9.27. The number of rotatable bonds is 3. The summed E-state index contributed by atoms with van der Waals surface area (Å²) in [4.78, 5) is 10.2. The van der Waals surface area contributed by atoms with Crippen molar-refractivity contribution in [2.45, 2.75) is 0 Å². The maximum absolute atomic E-state index is 13.1. The summed E-state index contributed by atoms with van der Waals surface area (Å²) in [6.45, 7) is 0. The minimum Gasteiger partial charge on any atom is -0.448 e. The molecule has 0 saturated carbocycles. The first-order chi connectivity index (χ1) is 8.99. The Balaban J connectivity index is 2.46. The van der Waals surface area contributed by atoms with Crippen molar-refractivity contribution < 1.29 is 14.1 Å². The van der Waals surface area contributed by atoms with Crippen LogP contribution in [0.1, 0.15) is 0 Å². The van der Waals surface area contributed by atoms with E-state index in [4.69, 9.17) is 27.9 Å². The molecule has 0 radical (unpaired) electrons. The molecule has 0 bridgehead atoms. The molecule has 0 spiro atoms. The lowest BCUT2D eigenvalue weighted by Crippen LogP contribution is -1.95. The first kappa shape index (κ1) is 13.6. The molecule has 98 valence electrons. The van der Waals surface area contributed by atoms with E-state index in [1.807, 2.05) is 0 Å².